The number of urea groups is 1. The summed E-state index contributed by atoms with van der Waals surface area (Å²) >= 11 is 5.91. The first-order chi connectivity index (χ1) is 11.9. The van der Waals surface area contributed by atoms with Crippen molar-refractivity contribution in [1.29, 1.82) is 0 Å². The van der Waals surface area contributed by atoms with Crippen LogP contribution in [0.5, 0.6) is 0 Å². The lowest BCUT2D eigenvalue weighted by molar-refractivity contribution is -0.137. The lowest BCUT2D eigenvalue weighted by Crippen LogP contribution is -2.54. The molecule has 2 fully saturated rings. The molecular formula is C18H22ClN3O3. The molecule has 0 unspecified atom stereocenters. The molecule has 0 aromatic heterocycles. The molecule has 1 spiro atoms. The van der Waals surface area contributed by atoms with Crippen LogP contribution in [0.3, 0.4) is 0 Å². The Labute approximate surface area is 151 Å². The van der Waals surface area contributed by atoms with Crippen molar-refractivity contribution >= 4 is 29.4 Å². The first kappa shape index (κ1) is 17.7. The molecule has 1 saturated heterocycles. The van der Waals surface area contributed by atoms with E-state index in [1.54, 1.807) is 18.2 Å². The molecule has 2 aliphatic rings. The van der Waals surface area contributed by atoms with Gasteiger partial charge in [0.05, 0.1) is 0 Å². The average Bonchev–Trinajstić information content (AvgIpc) is 2.81. The van der Waals surface area contributed by atoms with Crippen LogP contribution in [-0.4, -0.2) is 34.8 Å². The molecule has 2 atom stereocenters. The van der Waals surface area contributed by atoms with E-state index in [1.165, 1.54) is 0 Å². The van der Waals surface area contributed by atoms with Crippen LogP contribution in [0, 0.1) is 5.92 Å². The predicted molar refractivity (Wildman–Crippen MR) is 93.9 cm³/mol. The van der Waals surface area contributed by atoms with Crippen molar-refractivity contribution in [2.75, 3.05) is 6.54 Å². The van der Waals surface area contributed by atoms with Gasteiger partial charge in [-0.05, 0) is 36.5 Å². The number of hydrogen-bond donors (Lipinski definition) is 2. The molecule has 1 aliphatic carbocycles. The van der Waals surface area contributed by atoms with Gasteiger partial charge in [-0.1, -0.05) is 43.5 Å². The largest absolute Gasteiger partial charge is 0.350 e. The summed E-state index contributed by atoms with van der Waals surface area (Å²) in [5.41, 5.74) is 0.0261. The average molecular weight is 364 g/mol. The van der Waals surface area contributed by atoms with E-state index in [2.05, 4.69) is 10.6 Å². The molecule has 0 radical (unpaired) electrons. The Hall–Kier alpha value is -2.08. The first-order valence-electron chi connectivity index (χ1n) is 8.57. The van der Waals surface area contributed by atoms with Crippen molar-refractivity contribution in [3.05, 3.63) is 34.9 Å². The summed E-state index contributed by atoms with van der Waals surface area (Å²) in [6.07, 6.45) is 3.51. The number of nitrogens with zero attached hydrogens (tertiary/aromatic N) is 1. The van der Waals surface area contributed by atoms with E-state index in [1.807, 2.05) is 13.0 Å². The molecule has 0 bridgehead atoms. The summed E-state index contributed by atoms with van der Waals surface area (Å²) in [6, 6.07) is 6.68. The third-order valence-electron chi connectivity index (χ3n) is 5.18. The fraction of sp³-hybridized carbons (Fsp3) is 0.500. The molecule has 134 valence electrons. The Balaban J connectivity index is 1.61. The van der Waals surface area contributed by atoms with Crippen LogP contribution >= 0.6 is 11.6 Å². The molecule has 1 aromatic carbocycles. The lowest BCUT2D eigenvalue weighted by Gasteiger charge is -2.36. The molecule has 2 N–H and O–H groups in total. The molecule has 25 heavy (non-hydrogen) atoms. The van der Waals surface area contributed by atoms with Crippen molar-refractivity contribution < 1.29 is 14.4 Å². The second-order valence-electron chi connectivity index (χ2n) is 6.85. The highest BCUT2D eigenvalue weighted by atomic mass is 35.5. The Morgan fingerprint density at radius 3 is 2.92 bits per heavy atom. The molecule has 1 saturated carbocycles. The number of rotatable bonds is 4. The van der Waals surface area contributed by atoms with Crippen molar-refractivity contribution in [1.82, 2.24) is 15.5 Å². The van der Waals surface area contributed by atoms with E-state index in [-0.39, 0.29) is 24.3 Å². The Morgan fingerprint density at radius 1 is 1.40 bits per heavy atom. The van der Waals surface area contributed by atoms with E-state index in [0.717, 1.165) is 29.7 Å². The van der Waals surface area contributed by atoms with E-state index < -0.39 is 11.6 Å². The number of amides is 4. The number of carbonyl (C=O) groups excluding carboxylic acids is 3. The molecule has 7 heteroatoms. The van der Waals surface area contributed by atoms with Gasteiger partial charge in [0.25, 0.3) is 5.91 Å². The maximum Gasteiger partial charge on any atom is 0.325 e. The number of benzene rings is 1. The number of halogens is 1. The van der Waals surface area contributed by atoms with Gasteiger partial charge in [0.1, 0.15) is 12.1 Å². The van der Waals surface area contributed by atoms with Crippen LogP contribution < -0.4 is 10.6 Å². The van der Waals surface area contributed by atoms with Gasteiger partial charge in [-0.25, -0.2) is 4.79 Å². The topological polar surface area (TPSA) is 78.5 Å². The van der Waals surface area contributed by atoms with Crippen molar-refractivity contribution in [3.63, 3.8) is 0 Å². The fourth-order valence-corrected chi connectivity index (χ4v) is 3.90. The maximum absolute atomic E-state index is 12.8. The van der Waals surface area contributed by atoms with Crippen molar-refractivity contribution in [2.24, 2.45) is 5.92 Å². The Kier molecular flexibility index (Phi) is 4.99. The first-order valence-corrected chi connectivity index (χ1v) is 8.95. The van der Waals surface area contributed by atoms with Crippen LogP contribution in [0.4, 0.5) is 4.79 Å². The monoisotopic (exact) mass is 363 g/mol. The summed E-state index contributed by atoms with van der Waals surface area (Å²) in [4.78, 5) is 38.3. The van der Waals surface area contributed by atoms with E-state index in [0.29, 0.717) is 18.0 Å². The molecule has 6 nitrogen and oxygen atoms in total. The molecule has 4 amide bonds. The zero-order chi connectivity index (χ0) is 18.0. The predicted octanol–water partition coefficient (Wildman–Crippen LogP) is 2.46. The highest BCUT2D eigenvalue weighted by Crippen LogP contribution is 2.38. The van der Waals surface area contributed by atoms with Crippen LogP contribution in [-0.2, 0) is 16.1 Å². The summed E-state index contributed by atoms with van der Waals surface area (Å²) in [5.74, 6) is -0.566. The molecule has 3 rings (SSSR count). The SMILES string of the molecule is C[C@@H]1CCCC[C@]12NC(=O)N(CC(=O)NCc1cccc(Cl)c1)C2=O. The highest BCUT2D eigenvalue weighted by molar-refractivity contribution is 6.30. The minimum absolute atomic E-state index is 0.0808. The van der Waals surface area contributed by atoms with Crippen LogP contribution in [0.2, 0.25) is 5.02 Å². The maximum atomic E-state index is 12.8. The van der Waals surface area contributed by atoms with Crippen LogP contribution in [0.1, 0.15) is 38.2 Å². The molecule has 1 aromatic rings. The zero-order valence-electron chi connectivity index (χ0n) is 14.2. The van der Waals surface area contributed by atoms with Crippen molar-refractivity contribution in [3.8, 4) is 0 Å². The van der Waals surface area contributed by atoms with Gasteiger partial charge >= 0.3 is 6.03 Å². The molecule has 1 heterocycles. The minimum atomic E-state index is -0.831. The van der Waals surface area contributed by atoms with E-state index in [4.69, 9.17) is 11.6 Å². The van der Waals surface area contributed by atoms with E-state index >= 15 is 0 Å². The van der Waals surface area contributed by atoms with Gasteiger partial charge < -0.3 is 10.6 Å². The third-order valence-corrected chi connectivity index (χ3v) is 5.42. The normalized spacial score (nSPS) is 26.0. The Bertz CT molecular complexity index is 709. The third kappa shape index (κ3) is 3.49. The second-order valence-corrected chi connectivity index (χ2v) is 7.28. The van der Waals surface area contributed by atoms with Crippen molar-refractivity contribution in [2.45, 2.75) is 44.7 Å². The van der Waals surface area contributed by atoms with Gasteiger partial charge in [-0.2, -0.15) is 0 Å². The van der Waals surface area contributed by atoms with Gasteiger partial charge in [0.15, 0.2) is 0 Å². The number of imide groups is 1. The van der Waals surface area contributed by atoms with Crippen LogP contribution in [0.15, 0.2) is 24.3 Å². The van der Waals surface area contributed by atoms with Gasteiger partial charge in [0, 0.05) is 11.6 Å². The smallest absolute Gasteiger partial charge is 0.325 e. The summed E-state index contributed by atoms with van der Waals surface area (Å²) < 4.78 is 0. The standard InChI is InChI=1S/C18H22ClN3O3/c1-12-5-2-3-8-18(12)16(24)22(17(25)21-18)11-15(23)20-10-13-6-4-7-14(19)9-13/h4,6-7,9,12H,2-3,5,8,10-11H2,1H3,(H,20,23)(H,21,25)/t12-,18+/m1/s1. The lowest BCUT2D eigenvalue weighted by atomic mass is 9.73. The second kappa shape index (κ2) is 7.04. The summed E-state index contributed by atoms with van der Waals surface area (Å²) in [5, 5.41) is 6.16. The minimum Gasteiger partial charge on any atom is -0.350 e. The quantitative estimate of drug-likeness (QED) is 0.806. The van der Waals surface area contributed by atoms with Crippen LogP contribution in [0.25, 0.3) is 0 Å². The van der Waals surface area contributed by atoms with E-state index in [9.17, 15) is 14.4 Å². The van der Waals surface area contributed by atoms with Gasteiger partial charge in [-0.3, -0.25) is 14.5 Å². The Morgan fingerprint density at radius 2 is 2.20 bits per heavy atom. The number of nitrogens with one attached hydrogen (secondary N) is 2. The molecular weight excluding hydrogens is 342 g/mol. The number of hydrogen-bond acceptors (Lipinski definition) is 3. The highest BCUT2D eigenvalue weighted by Gasteiger charge is 2.55. The molecule has 1 aliphatic heterocycles. The number of carbonyl (C=O) groups is 3. The van der Waals surface area contributed by atoms with Gasteiger partial charge in [0.2, 0.25) is 5.91 Å². The summed E-state index contributed by atoms with van der Waals surface area (Å²) in [6.45, 7) is 2.02. The van der Waals surface area contributed by atoms with Gasteiger partial charge in [-0.15, -0.1) is 0 Å². The fourth-order valence-electron chi connectivity index (χ4n) is 3.69. The summed E-state index contributed by atoms with van der Waals surface area (Å²) in [7, 11) is 0. The zero-order valence-corrected chi connectivity index (χ0v) is 14.9.